The van der Waals surface area contributed by atoms with Crippen molar-refractivity contribution in [2.45, 2.75) is 26.5 Å². The zero-order chi connectivity index (χ0) is 19.5. The molecule has 1 saturated heterocycles. The average molecular weight is 389 g/mol. The topological polar surface area (TPSA) is 88.1 Å². The van der Waals surface area contributed by atoms with Crippen LogP contribution >= 0.6 is 0 Å². The molecule has 0 spiro atoms. The molecule has 7 nitrogen and oxygen atoms in total. The highest BCUT2D eigenvalue weighted by atomic mass is 32.2. The maximum atomic E-state index is 12.7. The number of allylic oxidation sites excluding steroid dienone is 2. The molecule has 0 aliphatic carbocycles. The Balaban J connectivity index is 1.49. The minimum absolute atomic E-state index is 0.148. The number of hydrogen-bond acceptors (Lipinski definition) is 5. The van der Waals surface area contributed by atoms with Crippen LogP contribution in [-0.4, -0.2) is 44.2 Å². The van der Waals surface area contributed by atoms with Gasteiger partial charge in [0.25, 0.3) is 0 Å². The van der Waals surface area contributed by atoms with E-state index >= 15 is 0 Å². The minimum atomic E-state index is -3.62. The van der Waals surface area contributed by atoms with E-state index in [1.54, 1.807) is 12.3 Å². The van der Waals surface area contributed by atoms with Crippen molar-refractivity contribution in [3.8, 4) is 0 Å². The third kappa shape index (κ3) is 4.84. The van der Waals surface area contributed by atoms with Crippen LogP contribution < -0.4 is 5.32 Å². The van der Waals surface area contributed by atoms with Gasteiger partial charge in [0, 0.05) is 30.9 Å². The molecule has 0 bridgehead atoms. The number of amides is 1. The standard InChI is InChI=1S/C19H23N3O4S/c1-19(2)9-8-17(10-20-14-19)27(24,25)22-11-16(12-22)21-18(23)26-13-15-6-4-3-5-7-15/h3-10,14,16H,11-13H2,1-2H3,(H,21,23). The van der Waals surface area contributed by atoms with Crippen molar-refractivity contribution in [3.63, 3.8) is 0 Å². The second kappa shape index (κ2) is 7.66. The lowest BCUT2D eigenvalue weighted by molar-refractivity contribution is 0.123. The first-order valence-corrected chi connectivity index (χ1v) is 10.1. The summed E-state index contributed by atoms with van der Waals surface area (Å²) in [4.78, 5) is 16.1. The summed E-state index contributed by atoms with van der Waals surface area (Å²) >= 11 is 0. The third-order valence-corrected chi connectivity index (χ3v) is 6.12. The molecule has 2 aliphatic rings. The van der Waals surface area contributed by atoms with Crippen LogP contribution in [0.4, 0.5) is 4.79 Å². The summed E-state index contributed by atoms with van der Waals surface area (Å²) in [6.45, 7) is 4.48. The first-order valence-electron chi connectivity index (χ1n) is 8.67. The second-order valence-electron chi connectivity index (χ2n) is 7.19. The quantitative estimate of drug-likeness (QED) is 0.838. The van der Waals surface area contributed by atoms with Gasteiger partial charge in [-0.25, -0.2) is 13.2 Å². The van der Waals surface area contributed by atoms with Crippen molar-refractivity contribution in [2.24, 2.45) is 10.4 Å². The molecule has 0 atom stereocenters. The van der Waals surface area contributed by atoms with Crippen LogP contribution in [0.2, 0.25) is 0 Å². The number of sulfonamides is 1. The van der Waals surface area contributed by atoms with Crippen molar-refractivity contribution in [1.29, 1.82) is 0 Å². The molecule has 1 N–H and O–H groups in total. The molecule has 0 unspecified atom stereocenters. The maximum absolute atomic E-state index is 12.7. The third-order valence-electron chi connectivity index (χ3n) is 4.31. The fraction of sp³-hybridized carbons (Fsp3) is 0.368. The molecule has 1 aromatic rings. The van der Waals surface area contributed by atoms with Crippen molar-refractivity contribution in [3.05, 3.63) is 59.2 Å². The van der Waals surface area contributed by atoms with Gasteiger partial charge in [0.1, 0.15) is 11.5 Å². The number of aliphatic imine (C=N–C) groups is 1. The fourth-order valence-electron chi connectivity index (χ4n) is 2.64. The van der Waals surface area contributed by atoms with E-state index in [1.165, 1.54) is 10.5 Å². The summed E-state index contributed by atoms with van der Waals surface area (Å²) in [5.74, 6) is 0. The van der Waals surface area contributed by atoms with Crippen LogP contribution in [0.1, 0.15) is 19.4 Å². The summed E-state index contributed by atoms with van der Waals surface area (Å²) in [7, 11) is -3.62. The lowest BCUT2D eigenvalue weighted by Gasteiger charge is -2.38. The predicted molar refractivity (Wildman–Crippen MR) is 104 cm³/mol. The monoisotopic (exact) mass is 389 g/mol. The first kappa shape index (κ1) is 19.3. The highest BCUT2D eigenvalue weighted by Crippen LogP contribution is 2.25. The van der Waals surface area contributed by atoms with Gasteiger partial charge in [0.2, 0.25) is 10.0 Å². The Morgan fingerprint density at radius 3 is 2.70 bits per heavy atom. The number of carbonyl (C=O) groups excluding carboxylic acids is 1. The Morgan fingerprint density at radius 2 is 2.00 bits per heavy atom. The zero-order valence-electron chi connectivity index (χ0n) is 15.3. The fourth-order valence-corrected chi connectivity index (χ4v) is 4.13. The Morgan fingerprint density at radius 1 is 1.30 bits per heavy atom. The van der Waals surface area contributed by atoms with Crippen molar-refractivity contribution in [1.82, 2.24) is 9.62 Å². The largest absolute Gasteiger partial charge is 0.445 e. The van der Waals surface area contributed by atoms with Crippen LogP contribution in [0, 0.1) is 5.41 Å². The maximum Gasteiger partial charge on any atom is 0.407 e. The number of rotatable bonds is 5. The average Bonchev–Trinajstić information content (AvgIpc) is 2.77. The highest BCUT2D eigenvalue weighted by molar-refractivity contribution is 7.93. The van der Waals surface area contributed by atoms with Gasteiger partial charge in [-0.3, -0.25) is 4.99 Å². The van der Waals surface area contributed by atoms with E-state index in [2.05, 4.69) is 10.3 Å². The summed E-state index contributed by atoms with van der Waals surface area (Å²) in [6.07, 6.45) is 5.89. The van der Waals surface area contributed by atoms with E-state index < -0.39 is 16.1 Å². The van der Waals surface area contributed by atoms with Gasteiger partial charge in [-0.2, -0.15) is 4.31 Å². The molecular weight excluding hydrogens is 366 g/mol. The van der Waals surface area contributed by atoms with E-state index in [1.807, 2.05) is 50.3 Å². The van der Waals surface area contributed by atoms with Crippen molar-refractivity contribution < 1.29 is 17.9 Å². The summed E-state index contributed by atoms with van der Waals surface area (Å²) in [6, 6.07) is 9.09. The van der Waals surface area contributed by atoms with Crippen LogP contribution in [0.15, 0.2) is 58.6 Å². The summed E-state index contributed by atoms with van der Waals surface area (Å²) < 4.78 is 31.8. The van der Waals surface area contributed by atoms with E-state index in [0.29, 0.717) is 0 Å². The summed E-state index contributed by atoms with van der Waals surface area (Å²) in [5.41, 5.74) is 0.594. The molecule has 0 aromatic heterocycles. The van der Waals surface area contributed by atoms with Gasteiger partial charge >= 0.3 is 6.09 Å². The van der Waals surface area contributed by atoms with E-state index in [4.69, 9.17) is 4.74 Å². The molecule has 3 rings (SSSR count). The van der Waals surface area contributed by atoms with Gasteiger partial charge in [-0.15, -0.1) is 0 Å². The van der Waals surface area contributed by atoms with Gasteiger partial charge < -0.3 is 10.1 Å². The lowest BCUT2D eigenvalue weighted by atomic mass is 9.95. The molecule has 1 aromatic carbocycles. The number of ether oxygens (including phenoxy) is 1. The van der Waals surface area contributed by atoms with Crippen LogP contribution in [0.25, 0.3) is 0 Å². The van der Waals surface area contributed by atoms with Crippen LogP contribution in [-0.2, 0) is 21.4 Å². The molecule has 144 valence electrons. The molecule has 27 heavy (non-hydrogen) atoms. The van der Waals surface area contributed by atoms with Crippen molar-refractivity contribution in [2.75, 3.05) is 13.1 Å². The van der Waals surface area contributed by atoms with Gasteiger partial charge in [0.15, 0.2) is 0 Å². The Labute approximate surface area is 159 Å². The Kier molecular flexibility index (Phi) is 5.48. The smallest absolute Gasteiger partial charge is 0.407 e. The molecule has 1 fully saturated rings. The number of alkyl carbamates (subject to hydrolysis) is 1. The van der Waals surface area contributed by atoms with Gasteiger partial charge in [-0.1, -0.05) is 50.3 Å². The molecule has 2 heterocycles. The first-order chi connectivity index (χ1) is 12.8. The predicted octanol–water partition coefficient (Wildman–Crippen LogP) is 2.44. The van der Waals surface area contributed by atoms with Crippen molar-refractivity contribution >= 4 is 22.3 Å². The molecular formula is C19H23N3O4S. The van der Waals surface area contributed by atoms with Gasteiger partial charge in [-0.05, 0) is 11.6 Å². The Bertz CT molecular complexity index is 883. The number of hydrogen-bond donors (Lipinski definition) is 1. The highest BCUT2D eigenvalue weighted by Gasteiger charge is 2.38. The normalized spacial score (nSPS) is 19.7. The molecule has 0 saturated carbocycles. The van der Waals surface area contributed by atoms with E-state index in [0.717, 1.165) is 5.56 Å². The number of nitrogens with zero attached hydrogens (tertiary/aromatic N) is 2. The van der Waals surface area contributed by atoms with E-state index in [9.17, 15) is 13.2 Å². The van der Waals surface area contributed by atoms with Crippen LogP contribution in [0.3, 0.4) is 0 Å². The SMILES string of the molecule is CC1(C)C=CC(S(=O)(=O)N2CC(NC(=O)OCc3ccccc3)C2)=CN=C1. The second-order valence-corrected chi connectivity index (χ2v) is 9.13. The Hall–Kier alpha value is -2.45. The molecule has 8 heteroatoms. The molecule has 2 aliphatic heterocycles. The zero-order valence-corrected chi connectivity index (χ0v) is 16.1. The molecule has 1 amide bonds. The lowest BCUT2D eigenvalue weighted by Crippen LogP contribution is -2.60. The number of carbonyl (C=O) groups is 1. The van der Waals surface area contributed by atoms with Crippen LogP contribution in [0.5, 0.6) is 0 Å². The van der Waals surface area contributed by atoms with E-state index in [-0.39, 0.29) is 36.1 Å². The summed E-state index contributed by atoms with van der Waals surface area (Å²) in [5, 5.41) is 2.68. The molecule has 0 radical (unpaired) electrons. The van der Waals surface area contributed by atoms with Gasteiger partial charge in [0.05, 0.1) is 6.04 Å². The minimum Gasteiger partial charge on any atom is -0.445 e. The number of benzene rings is 1. The number of nitrogens with one attached hydrogen (secondary N) is 1.